The molecule has 1 aromatic rings. The van der Waals surface area contributed by atoms with Crippen LogP contribution in [0.25, 0.3) is 0 Å². The molecular formula is C16H24O3. The Morgan fingerprint density at radius 3 is 2.00 bits per heavy atom. The van der Waals surface area contributed by atoms with E-state index in [-0.39, 0.29) is 10.8 Å². The summed E-state index contributed by atoms with van der Waals surface area (Å²) in [6.07, 6.45) is -0.686. The van der Waals surface area contributed by atoms with Crippen molar-refractivity contribution in [1.82, 2.24) is 0 Å². The summed E-state index contributed by atoms with van der Waals surface area (Å²) in [4.78, 5) is 11.3. The van der Waals surface area contributed by atoms with E-state index >= 15 is 0 Å². The summed E-state index contributed by atoms with van der Waals surface area (Å²) < 4.78 is 9.79. The van der Waals surface area contributed by atoms with E-state index in [0.717, 1.165) is 5.56 Å². The second kappa shape index (κ2) is 5.24. The molecule has 0 radical (unpaired) electrons. The lowest BCUT2D eigenvalue weighted by Gasteiger charge is -2.26. The minimum atomic E-state index is -0.686. The minimum absolute atomic E-state index is 0.0593. The van der Waals surface area contributed by atoms with Crippen LogP contribution in [0.1, 0.15) is 52.7 Å². The van der Waals surface area contributed by atoms with E-state index in [2.05, 4.69) is 52.3 Å². The number of ether oxygens (including phenoxy) is 2. The molecule has 106 valence electrons. The molecule has 1 aromatic carbocycles. The molecule has 0 fully saturated rings. The molecule has 0 atom stereocenters. The van der Waals surface area contributed by atoms with Crippen LogP contribution in [-0.2, 0) is 15.6 Å². The van der Waals surface area contributed by atoms with E-state index in [1.165, 1.54) is 12.7 Å². The van der Waals surface area contributed by atoms with Crippen LogP contribution in [0.3, 0.4) is 0 Å². The van der Waals surface area contributed by atoms with Crippen molar-refractivity contribution in [2.24, 2.45) is 0 Å². The van der Waals surface area contributed by atoms with Crippen LogP contribution in [0.5, 0.6) is 5.75 Å². The highest BCUT2D eigenvalue weighted by Gasteiger charge is 2.24. The van der Waals surface area contributed by atoms with Gasteiger partial charge in [0.25, 0.3) is 0 Å². The van der Waals surface area contributed by atoms with Gasteiger partial charge in [0, 0.05) is 5.56 Å². The molecular weight excluding hydrogens is 240 g/mol. The first kappa shape index (κ1) is 15.5. The first-order valence-electron chi connectivity index (χ1n) is 6.46. The van der Waals surface area contributed by atoms with Crippen LogP contribution < -0.4 is 4.74 Å². The summed E-state index contributed by atoms with van der Waals surface area (Å²) in [5, 5.41) is 0. The predicted molar refractivity (Wildman–Crippen MR) is 76.9 cm³/mol. The summed E-state index contributed by atoms with van der Waals surface area (Å²) in [6.45, 7) is 12.8. The molecule has 0 saturated carbocycles. The Labute approximate surface area is 115 Å². The lowest BCUT2D eigenvalue weighted by atomic mass is 9.80. The molecule has 0 aliphatic rings. The summed E-state index contributed by atoms with van der Waals surface area (Å²) >= 11 is 0. The van der Waals surface area contributed by atoms with Gasteiger partial charge in [-0.2, -0.15) is 0 Å². The molecule has 0 aliphatic carbocycles. The van der Waals surface area contributed by atoms with E-state index in [1.54, 1.807) is 0 Å². The van der Waals surface area contributed by atoms with Crippen molar-refractivity contribution in [2.75, 3.05) is 7.11 Å². The Bertz CT molecular complexity index is 462. The molecule has 0 amide bonds. The van der Waals surface area contributed by atoms with Crippen molar-refractivity contribution < 1.29 is 14.3 Å². The number of hydrogen-bond donors (Lipinski definition) is 0. The largest absolute Gasteiger partial charge is 0.513 e. The Hall–Kier alpha value is -1.51. The van der Waals surface area contributed by atoms with Gasteiger partial charge < -0.3 is 9.47 Å². The lowest BCUT2D eigenvalue weighted by molar-refractivity contribution is 0.120. The highest BCUT2D eigenvalue weighted by atomic mass is 16.7. The zero-order chi connectivity index (χ0) is 14.8. The zero-order valence-electron chi connectivity index (χ0n) is 13.0. The number of rotatable bonds is 1. The van der Waals surface area contributed by atoms with Crippen molar-refractivity contribution in [3.05, 3.63) is 29.3 Å². The maximum atomic E-state index is 11.3. The standard InChI is InChI=1S/C16H24O3/c1-15(2,3)11-8-9-13(19-14(17)18-7)12(10-11)16(4,5)6/h8-10H,1-7H3. The first-order valence-corrected chi connectivity index (χ1v) is 6.46. The SMILES string of the molecule is COC(=O)Oc1ccc(C(C)(C)C)cc1C(C)(C)C. The topological polar surface area (TPSA) is 35.5 Å². The summed E-state index contributed by atoms with van der Waals surface area (Å²) in [5.41, 5.74) is 2.17. The maximum Gasteiger partial charge on any atom is 0.513 e. The second-order valence-electron chi connectivity index (χ2n) is 6.77. The van der Waals surface area contributed by atoms with Crippen molar-refractivity contribution >= 4 is 6.16 Å². The highest BCUT2D eigenvalue weighted by molar-refractivity contribution is 5.65. The number of hydrogen-bond acceptors (Lipinski definition) is 3. The molecule has 0 N–H and O–H groups in total. The third-order valence-electron chi connectivity index (χ3n) is 3.01. The zero-order valence-corrected chi connectivity index (χ0v) is 13.0. The fourth-order valence-electron chi connectivity index (χ4n) is 1.80. The minimum Gasteiger partial charge on any atom is -0.437 e. The highest BCUT2D eigenvalue weighted by Crippen LogP contribution is 2.35. The molecule has 0 spiro atoms. The van der Waals surface area contributed by atoms with Gasteiger partial charge in [-0.3, -0.25) is 0 Å². The van der Waals surface area contributed by atoms with E-state index in [1.807, 2.05) is 12.1 Å². The van der Waals surface area contributed by atoms with Crippen molar-refractivity contribution in [3.63, 3.8) is 0 Å². The maximum absolute atomic E-state index is 11.3. The van der Waals surface area contributed by atoms with E-state index < -0.39 is 6.16 Å². The van der Waals surface area contributed by atoms with Gasteiger partial charge in [-0.15, -0.1) is 0 Å². The van der Waals surface area contributed by atoms with Gasteiger partial charge in [-0.25, -0.2) is 4.79 Å². The van der Waals surface area contributed by atoms with Crippen molar-refractivity contribution in [3.8, 4) is 5.75 Å². The second-order valence-corrected chi connectivity index (χ2v) is 6.77. The number of carbonyl (C=O) groups is 1. The normalized spacial score (nSPS) is 12.2. The van der Waals surface area contributed by atoms with Gasteiger partial charge in [0.05, 0.1) is 7.11 Å². The number of carbonyl (C=O) groups excluding carboxylic acids is 1. The van der Waals surface area contributed by atoms with E-state index in [0.29, 0.717) is 5.75 Å². The Morgan fingerprint density at radius 2 is 1.58 bits per heavy atom. The van der Waals surface area contributed by atoms with Crippen LogP contribution in [-0.4, -0.2) is 13.3 Å². The van der Waals surface area contributed by atoms with E-state index in [4.69, 9.17) is 4.74 Å². The number of methoxy groups -OCH3 is 1. The fraction of sp³-hybridized carbons (Fsp3) is 0.562. The molecule has 3 nitrogen and oxygen atoms in total. The Balaban J connectivity index is 3.29. The summed E-state index contributed by atoms with van der Waals surface area (Å²) in [6, 6.07) is 5.95. The molecule has 0 aliphatic heterocycles. The van der Waals surface area contributed by atoms with Gasteiger partial charge in [-0.1, -0.05) is 53.7 Å². The van der Waals surface area contributed by atoms with E-state index in [9.17, 15) is 4.79 Å². The number of benzene rings is 1. The third kappa shape index (κ3) is 3.98. The third-order valence-corrected chi connectivity index (χ3v) is 3.01. The molecule has 0 bridgehead atoms. The quantitative estimate of drug-likeness (QED) is 0.556. The molecule has 0 aromatic heterocycles. The summed E-state index contributed by atoms with van der Waals surface area (Å²) in [5.74, 6) is 0.562. The van der Waals surface area contributed by atoms with Crippen molar-refractivity contribution in [1.29, 1.82) is 0 Å². The van der Waals surface area contributed by atoms with Crippen LogP contribution in [0, 0.1) is 0 Å². The average Bonchev–Trinajstić information content (AvgIpc) is 2.26. The van der Waals surface area contributed by atoms with Gasteiger partial charge >= 0.3 is 6.16 Å². The van der Waals surface area contributed by atoms with Gasteiger partial charge in [0.15, 0.2) is 0 Å². The molecule has 19 heavy (non-hydrogen) atoms. The lowest BCUT2D eigenvalue weighted by Crippen LogP contribution is -2.19. The van der Waals surface area contributed by atoms with Crippen molar-refractivity contribution in [2.45, 2.75) is 52.4 Å². The first-order chi connectivity index (χ1) is 8.55. The molecule has 0 saturated heterocycles. The average molecular weight is 264 g/mol. The molecule has 0 heterocycles. The molecule has 3 heteroatoms. The van der Waals surface area contributed by atoms with Gasteiger partial charge in [-0.05, 0) is 22.5 Å². The van der Waals surface area contributed by atoms with Gasteiger partial charge in [0.2, 0.25) is 0 Å². The smallest absolute Gasteiger partial charge is 0.437 e. The predicted octanol–water partition coefficient (Wildman–Crippen LogP) is 4.43. The monoisotopic (exact) mass is 264 g/mol. The van der Waals surface area contributed by atoms with Crippen LogP contribution >= 0.6 is 0 Å². The fourth-order valence-corrected chi connectivity index (χ4v) is 1.80. The van der Waals surface area contributed by atoms with Crippen LogP contribution in [0.15, 0.2) is 18.2 Å². The van der Waals surface area contributed by atoms with Crippen LogP contribution in [0.2, 0.25) is 0 Å². The molecule has 0 unspecified atom stereocenters. The van der Waals surface area contributed by atoms with Gasteiger partial charge in [0.1, 0.15) is 5.75 Å². The summed E-state index contributed by atoms with van der Waals surface area (Å²) in [7, 11) is 1.31. The Kier molecular flexibility index (Phi) is 4.28. The molecule has 1 rings (SSSR count). The Morgan fingerprint density at radius 1 is 1.00 bits per heavy atom. The van der Waals surface area contributed by atoms with Crippen LogP contribution in [0.4, 0.5) is 4.79 Å².